The summed E-state index contributed by atoms with van der Waals surface area (Å²) in [5.41, 5.74) is 0.349. The molecule has 34 heavy (non-hydrogen) atoms. The SMILES string of the molecule is C=NCCCCC[N+]1(C(=O)CNCCCCCC(C)(C)C)C(=O)N(CCCCCCCC)C1=O. The third-order valence-electron chi connectivity index (χ3n) is 6.64. The number of amides is 5. The summed E-state index contributed by atoms with van der Waals surface area (Å²) >= 11 is 0. The highest BCUT2D eigenvalue weighted by atomic mass is 16.3. The van der Waals surface area contributed by atoms with Gasteiger partial charge in [-0.2, -0.15) is 4.90 Å². The number of carbonyl (C=O) groups excluding carboxylic acids is 3. The molecule has 1 rings (SSSR count). The lowest BCUT2D eigenvalue weighted by molar-refractivity contribution is -0.725. The molecule has 7 nitrogen and oxygen atoms in total. The van der Waals surface area contributed by atoms with Gasteiger partial charge in [0.25, 0.3) is 0 Å². The van der Waals surface area contributed by atoms with Gasteiger partial charge in [0.15, 0.2) is 0 Å². The van der Waals surface area contributed by atoms with Gasteiger partial charge in [-0.15, -0.1) is 0 Å². The van der Waals surface area contributed by atoms with Gasteiger partial charge in [-0.25, -0.2) is 14.4 Å². The summed E-state index contributed by atoms with van der Waals surface area (Å²) in [5, 5.41) is 3.18. The predicted molar refractivity (Wildman–Crippen MR) is 140 cm³/mol. The molecular weight excluding hydrogens is 428 g/mol. The molecule has 196 valence electrons. The van der Waals surface area contributed by atoms with Gasteiger partial charge in [-0.3, -0.25) is 0 Å². The Hall–Kier alpha value is -1.60. The summed E-state index contributed by atoms with van der Waals surface area (Å²) in [7, 11) is 0. The van der Waals surface area contributed by atoms with Gasteiger partial charge < -0.3 is 10.3 Å². The lowest BCUT2D eigenvalue weighted by Gasteiger charge is -2.43. The first-order valence-corrected chi connectivity index (χ1v) is 13.6. The van der Waals surface area contributed by atoms with Gasteiger partial charge in [0.05, 0.1) is 0 Å². The number of nitrogens with zero attached hydrogens (tertiary/aromatic N) is 3. The van der Waals surface area contributed by atoms with Crippen LogP contribution in [0.15, 0.2) is 4.99 Å². The van der Waals surface area contributed by atoms with Gasteiger partial charge in [0.2, 0.25) is 0 Å². The molecule has 1 aliphatic heterocycles. The number of quaternary nitrogens is 1. The largest absolute Gasteiger partial charge is 0.447 e. The number of nitrogens with one attached hydrogen (secondary N) is 1. The maximum Gasteiger partial charge on any atom is 0.447 e. The van der Waals surface area contributed by atoms with Crippen LogP contribution < -0.4 is 5.32 Å². The first-order chi connectivity index (χ1) is 16.2. The van der Waals surface area contributed by atoms with Crippen molar-refractivity contribution in [2.75, 3.05) is 32.7 Å². The molecular formula is C27H51N4O3+. The van der Waals surface area contributed by atoms with Crippen LogP contribution >= 0.6 is 0 Å². The summed E-state index contributed by atoms with van der Waals surface area (Å²) in [6.45, 7) is 14.6. The molecule has 0 bridgehead atoms. The lowest BCUT2D eigenvalue weighted by Crippen LogP contribution is -2.79. The van der Waals surface area contributed by atoms with E-state index in [1.807, 2.05) is 0 Å². The molecule has 1 fully saturated rings. The van der Waals surface area contributed by atoms with Crippen LogP contribution in [0.5, 0.6) is 0 Å². The molecule has 0 aromatic heterocycles. The molecule has 0 radical (unpaired) electrons. The van der Waals surface area contributed by atoms with Gasteiger partial charge in [-0.1, -0.05) is 77.1 Å². The number of aliphatic imine (C=N–C) groups is 1. The van der Waals surface area contributed by atoms with Crippen LogP contribution in [0.25, 0.3) is 0 Å². The Balaban J connectivity index is 2.54. The number of hydrogen-bond acceptors (Lipinski definition) is 5. The highest BCUT2D eigenvalue weighted by Crippen LogP contribution is 2.29. The fourth-order valence-electron chi connectivity index (χ4n) is 4.46. The number of urea groups is 2. The van der Waals surface area contributed by atoms with Crippen molar-refractivity contribution in [3.8, 4) is 0 Å². The Morgan fingerprint density at radius 3 is 2.18 bits per heavy atom. The second-order valence-corrected chi connectivity index (χ2v) is 11.0. The van der Waals surface area contributed by atoms with Gasteiger partial charge in [0, 0.05) is 13.1 Å². The van der Waals surface area contributed by atoms with Crippen molar-refractivity contribution in [1.29, 1.82) is 0 Å². The second-order valence-electron chi connectivity index (χ2n) is 11.0. The molecule has 0 aliphatic carbocycles. The predicted octanol–water partition coefficient (Wildman–Crippen LogP) is 6.31. The minimum Gasteiger partial charge on any atom is -0.305 e. The smallest absolute Gasteiger partial charge is 0.305 e. The van der Waals surface area contributed by atoms with Gasteiger partial charge >= 0.3 is 18.0 Å². The average Bonchev–Trinajstić information content (AvgIpc) is 2.79. The molecule has 7 heteroatoms. The van der Waals surface area contributed by atoms with E-state index < -0.39 is 4.48 Å². The van der Waals surface area contributed by atoms with E-state index in [4.69, 9.17) is 0 Å². The zero-order chi connectivity index (χ0) is 25.5. The Kier molecular flexibility index (Phi) is 14.4. The molecule has 0 atom stereocenters. The number of rotatable bonds is 20. The van der Waals surface area contributed by atoms with E-state index in [-0.39, 0.29) is 31.1 Å². The van der Waals surface area contributed by atoms with E-state index in [1.165, 1.54) is 37.0 Å². The summed E-state index contributed by atoms with van der Waals surface area (Å²) in [5.74, 6) is -0.314. The summed E-state index contributed by atoms with van der Waals surface area (Å²) in [6.07, 6.45) is 13.3. The van der Waals surface area contributed by atoms with Crippen molar-refractivity contribution in [3.05, 3.63) is 0 Å². The van der Waals surface area contributed by atoms with Crippen molar-refractivity contribution in [2.24, 2.45) is 10.4 Å². The molecule has 1 aliphatic rings. The number of carbonyl (C=O) groups is 3. The van der Waals surface area contributed by atoms with Crippen molar-refractivity contribution in [2.45, 2.75) is 111 Å². The van der Waals surface area contributed by atoms with Crippen LogP contribution in [-0.4, -0.2) is 66.8 Å². The summed E-state index contributed by atoms with van der Waals surface area (Å²) < 4.78 is -0.644. The Labute approximate surface area is 208 Å². The van der Waals surface area contributed by atoms with E-state index >= 15 is 0 Å². The number of hydrogen-bond donors (Lipinski definition) is 1. The minimum atomic E-state index is -0.644. The summed E-state index contributed by atoms with van der Waals surface area (Å²) in [4.78, 5) is 44.4. The Morgan fingerprint density at radius 1 is 0.912 bits per heavy atom. The normalized spacial score (nSPS) is 15.5. The van der Waals surface area contributed by atoms with Crippen molar-refractivity contribution in [3.63, 3.8) is 0 Å². The lowest BCUT2D eigenvalue weighted by atomic mass is 9.89. The first kappa shape index (κ1) is 30.4. The fraction of sp³-hybridized carbons (Fsp3) is 0.852. The second kappa shape index (κ2) is 16.1. The van der Waals surface area contributed by atoms with E-state index in [0.29, 0.717) is 24.9 Å². The monoisotopic (exact) mass is 479 g/mol. The van der Waals surface area contributed by atoms with Crippen LogP contribution in [0.3, 0.4) is 0 Å². The van der Waals surface area contributed by atoms with Crippen molar-refractivity contribution in [1.82, 2.24) is 10.2 Å². The standard InChI is InChI=1S/C27H51N4O3/c1-6-7-8-9-10-16-21-30-25(33)31(26(30)34,22-17-12-14-19-28-5)24(32)23-29-20-15-11-13-18-27(2,3)4/h29H,5-23H2,1-4H3/q+1. The van der Waals surface area contributed by atoms with Crippen molar-refractivity contribution < 1.29 is 18.9 Å². The first-order valence-electron chi connectivity index (χ1n) is 13.6. The van der Waals surface area contributed by atoms with Crippen LogP contribution in [0.1, 0.15) is 111 Å². The Morgan fingerprint density at radius 2 is 1.53 bits per heavy atom. The van der Waals surface area contributed by atoms with E-state index in [9.17, 15) is 14.4 Å². The van der Waals surface area contributed by atoms with E-state index in [2.05, 4.69) is 44.7 Å². The molecule has 0 aromatic rings. The van der Waals surface area contributed by atoms with Crippen LogP contribution in [0.4, 0.5) is 9.59 Å². The number of imide groups is 4. The Bertz CT molecular complexity index is 626. The zero-order valence-corrected chi connectivity index (χ0v) is 22.5. The van der Waals surface area contributed by atoms with Gasteiger partial charge in [0.1, 0.15) is 13.1 Å². The maximum absolute atomic E-state index is 13.1. The van der Waals surface area contributed by atoms with Crippen LogP contribution in [0, 0.1) is 5.41 Å². The molecule has 1 N–H and O–H groups in total. The average molecular weight is 480 g/mol. The fourth-order valence-corrected chi connectivity index (χ4v) is 4.46. The minimum absolute atomic E-state index is 0.0653. The third kappa shape index (κ3) is 9.95. The third-order valence-corrected chi connectivity index (χ3v) is 6.64. The molecule has 1 saturated heterocycles. The molecule has 0 aromatic carbocycles. The summed E-state index contributed by atoms with van der Waals surface area (Å²) in [6, 6.07) is -0.672. The topological polar surface area (TPSA) is 78.8 Å². The van der Waals surface area contributed by atoms with Crippen LogP contribution in [-0.2, 0) is 4.79 Å². The van der Waals surface area contributed by atoms with Gasteiger partial charge in [-0.05, 0) is 57.2 Å². The number of unbranched alkanes of at least 4 members (excludes halogenated alkanes) is 9. The van der Waals surface area contributed by atoms with Crippen molar-refractivity contribution >= 4 is 24.7 Å². The molecule has 1 heterocycles. The molecule has 0 saturated carbocycles. The highest BCUT2D eigenvalue weighted by molar-refractivity contribution is 6.10. The molecule has 5 amide bonds. The van der Waals surface area contributed by atoms with Crippen LogP contribution in [0.2, 0.25) is 0 Å². The molecule has 0 unspecified atom stereocenters. The van der Waals surface area contributed by atoms with E-state index in [1.54, 1.807) is 0 Å². The van der Waals surface area contributed by atoms with E-state index in [0.717, 1.165) is 51.5 Å². The molecule has 0 spiro atoms. The maximum atomic E-state index is 13.1. The highest BCUT2D eigenvalue weighted by Gasteiger charge is 2.66. The quantitative estimate of drug-likeness (QED) is 0.126. The zero-order valence-electron chi connectivity index (χ0n) is 22.5.